The minimum absolute atomic E-state index is 0.842. The van der Waals surface area contributed by atoms with E-state index in [0.717, 1.165) is 38.0 Å². The van der Waals surface area contributed by atoms with Crippen molar-refractivity contribution in [1.29, 1.82) is 0 Å². The molecule has 0 unspecified atom stereocenters. The van der Waals surface area contributed by atoms with Crippen LogP contribution in [0.4, 0.5) is 0 Å². The van der Waals surface area contributed by atoms with Crippen molar-refractivity contribution in [3.8, 4) is 0 Å². The van der Waals surface area contributed by atoms with Crippen LogP contribution >= 0.6 is 11.3 Å². The molecule has 0 saturated carbocycles. The molecule has 2 rings (SSSR count). The smallest absolute Gasteiger partial charge is 0.0991 e. The SMILES string of the molecule is CCCc1nc(Cc2ccccn2)sc1CNCC. The third-order valence-electron chi connectivity index (χ3n) is 2.90. The average molecular weight is 275 g/mol. The molecular weight excluding hydrogens is 254 g/mol. The van der Waals surface area contributed by atoms with Gasteiger partial charge in [0, 0.05) is 29.7 Å². The highest BCUT2D eigenvalue weighted by molar-refractivity contribution is 7.11. The molecular formula is C15H21N3S. The molecule has 19 heavy (non-hydrogen) atoms. The normalized spacial score (nSPS) is 10.8. The Hall–Kier alpha value is -1.26. The van der Waals surface area contributed by atoms with Crippen LogP contribution in [0.15, 0.2) is 24.4 Å². The van der Waals surface area contributed by atoms with Gasteiger partial charge in [0.25, 0.3) is 0 Å². The van der Waals surface area contributed by atoms with Crippen LogP contribution in [0.5, 0.6) is 0 Å². The first-order valence-corrected chi connectivity index (χ1v) is 7.73. The van der Waals surface area contributed by atoms with Gasteiger partial charge < -0.3 is 5.32 Å². The van der Waals surface area contributed by atoms with Gasteiger partial charge in [-0.15, -0.1) is 11.3 Å². The lowest BCUT2D eigenvalue weighted by Crippen LogP contribution is -2.11. The number of pyridine rings is 1. The predicted molar refractivity (Wildman–Crippen MR) is 80.5 cm³/mol. The lowest BCUT2D eigenvalue weighted by Gasteiger charge is -2.00. The number of hydrogen-bond donors (Lipinski definition) is 1. The second kappa shape index (κ2) is 7.36. The van der Waals surface area contributed by atoms with Crippen LogP contribution in [0.25, 0.3) is 0 Å². The van der Waals surface area contributed by atoms with E-state index in [0.29, 0.717) is 0 Å². The summed E-state index contributed by atoms with van der Waals surface area (Å²) in [6.45, 7) is 6.27. The number of hydrogen-bond acceptors (Lipinski definition) is 4. The van der Waals surface area contributed by atoms with Gasteiger partial charge in [-0.3, -0.25) is 4.98 Å². The van der Waals surface area contributed by atoms with Crippen molar-refractivity contribution in [2.75, 3.05) is 6.54 Å². The Morgan fingerprint density at radius 3 is 2.84 bits per heavy atom. The summed E-state index contributed by atoms with van der Waals surface area (Å²) < 4.78 is 0. The highest BCUT2D eigenvalue weighted by atomic mass is 32.1. The first-order chi connectivity index (χ1) is 9.33. The van der Waals surface area contributed by atoms with Crippen molar-refractivity contribution in [3.63, 3.8) is 0 Å². The molecule has 3 nitrogen and oxygen atoms in total. The number of aromatic nitrogens is 2. The summed E-state index contributed by atoms with van der Waals surface area (Å²) in [5, 5.41) is 4.57. The van der Waals surface area contributed by atoms with Crippen molar-refractivity contribution in [3.05, 3.63) is 45.7 Å². The van der Waals surface area contributed by atoms with E-state index in [1.54, 1.807) is 0 Å². The maximum atomic E-state index is 4.79. The summed E-state index contributed by atoms with van der Waals surface area (Å²) in [6.07, 6.45) is 4.90. The second-order valence-electron chi connectivity index (χ2n) is 4.51. The van der Waals surface area contributed by atoms with Crippen molar-refractivity contribution in [2.45, 2.75) is 39.7 Å². The van der Waals surface area contributed by atoms with E-state index in [-0.39, 0.29) is 0 Å². The van der Waals surface area contributed by atoms with Crippen LogP contribution in [0.3, 0.4) is 0 Å². The summed E-state index contributed by atoms with van der Waals surface area (Å²) in [6, 6.07) is 6.04. The first kappa shape index (κ1) is 14.2. The fourth-order valence-electron chi connectivity index (χ4n) is 1.98. The van der Waals surface area contributed by atoms with E-state index < -0.39 is 0 Å². The van der Waals surface area contributed by atoms with Crippen molar-refractivity contribution < 1.29 is 0 Å². The molecule has 0 spiro atoms. The van der Waals surface area contributed by atoms with Crippen molar-refractivity contribution in [1.82, 2.24) is 15.3 Å². The van der Waals surface area contributed by atoms with E-state index in [4.69, 9.17) is 4.98 Å². The van der Waals surface area contributed by atoms with E-state index >= 15 is 0 Å². The van der Waals surface area contributed by atoms with Crippen LogP contribution in [0.1, 0.15) is 41.5 Å². The Balaban J connectivity index is 2.12. The molecule has 4 heteroatoms. The van der Waals surface area contributed by atoms with Gasteiger partial charge in [0.05, 0.1) is 10.7 Å². The Morgan fingerprint density at radius 2 is 2.16 bits per heavy atom. The first-order valence-electron chi connectivity index (χ1n) is 6.91. The quantitative estimate of drug-likeness (QED) is 0.843. The largest absolute Gasteiger partial charge is 0.312 e. The fourth-order valence-corrected chi connectivity index (χ4v) is 3.08. The van der Waals surface area contributed by atoms with Crippen LogP contribution in [0.2, 0.25) is 0 Å². The van der Waals surface area contributed by atoms with Gasteiger partial charge in [-0.05, 0) is 25.1 Å². The molecule has 102 valence electrons. The molecule has 0 aliphatic heterocycles. The highest BCUT2D eigenvalue weighted by Crippen LogP contribution is 2.22. The zero-order valence-electron chi connectivity index (χ0n) is 11.6. The molecule has 0 aliphatic rings. The summed E-state index contributed by atoms with van der Waals surface area (Å²) in [7, 11) is 0. The van der Waals surface area contributed by atoms with Gasteiger partial charge >= 0.3 is 0 Å². The number of rotatable bonds is 7. The molecule has 0 radical (unpaired) electrons. The Labute approximate surface area is 119 Å². The van der Waals surface area contributed by atoms with Crippen LogP contribution in [0, 0.1) is 0 Å². The van der Waals surface area contributed by atoms with E-state index in [1.807, 2.05) is 29.7 Å². The average Bonchev–Trinajstić information content (AvgIpc) is 2.80. The molecule has 0 amide bonds. The Morgan fingerprint density at radius 1 is 1.26 bits per heavy atom. The molecule has 0 saturated heterocycles. The monoisotopic (exact) mass is 275 g/mol. The third-order valence-corrected chi connectivity index (χ3v) is 4.00. The number of nitrogens with one attached hydrogen (secondary N) is 1. The number of thiazole rings is 1. The van der Waals surface area contributed by atoms with Crippen molar-refractivity contribution in [2.24, 2.45) is 0 Å². The van der Waals surface area contributed by atoms with Gasteiger partial charge in [0.1, 0.15) is 0 Å². The van der Waals surface area contributed by atoms with Crippen LogP contribution < -0.4 is 5.32 Å². The van der Waals surface area contributed by atoms with Crippen LogP contribution in [-0.4, -0.2) is 16.5 Å². The van der Waals surface area contributed by atoms with E-state index in [2.05, 4.69) is 30.2 Å². The lowest BCUT2D eigenvalue weighted by molar-refractivity contribution is 0.723. The Bertz CT molecular complexity index is 493. The zero-order chi connectivity index (χ0) is 13.5. The predicted octanol–water partition coefficient (Wildman–Crippen LogP) is 3.19. The van der Waals surface area contributed by atoms with Gasteiger partial charge in [-0.2, -0.15) is 0 Å². The molecule has 2 heterocycles. The van der Waals surface area contributed by atoms with Gasteiger partial charge in [-0.1, -0.05) is 26.3 Å². The summed E-state index contributed by atoms with van der Waals surface area (Å²) in [5.74, 6) is 0. The summed E-state index contributed by atoms with van der Waals surface area (Å²) in [5.41, 5.74) is 2.36. The minimum atomic E-state index is 0.842. The second-order valence-corrected chi connectivity index (χ2v) is 5.67. The maximum absolute atomic E-state index is 4.79. The topological polar surface area (TPSA) is 37.8 Å². The maximum Gasteiger partial charge on any atom is 0.0991 e. The van der Waals surface area contributed by atoms with Crippen molar-refractivity contribution >= 4 is 11.3 Å². The molecule has 0 fully saturated rings. The van der Waals surface area contributed by atoms with Gasteiger partial charge in [-0.25, -0.2) is 4.98 Å². The lowest BCUT2D eigenvalue weighted by atomic mass is 10.2. The third kappa shape index (κ3) is 4.11. The molecule has 0 atom stereocenters. The summed E-state index contributed by atoms with van der Waals surface area (Å²) >= 11 is 1.82. The molecule has 2 aromatic rings. The standard InChI is InChI=1S/C15H21N3S/c1-3-7-13-14(11-16-4-2)19-15(18-13)10-12-8-5-6-9-17-12/h5-6,8-9,16H,3-4,7,10-11H2,1-2H3. The molecule has 0 aromatic carbocycles. The van der Waals surface area contributed by atoms with E-state index in [1.165, 1.54) is 15.6 Å². The molecule has 0 bridgehead atoms. The molecule has 0 aliphatic carbocycles. The summed E-state index contributed by atoms with van der Waals surface area (Å²) in [4.78, 5) is 10.5. The van der Waals surface area contributed by atoms with Crippen LogP contribution in [-0.2, 0) is 19.4 Å². The fraction of sp³-hybridized carbons (Fsp3) is 0.467. The highest BCUT2D eigenvalue weighted by Gasteiger charge is 2.10. The van der Waals surface area contributed by atoms with Gasteiger partial charge in [0.2, 0.25) is 0 Å². The van der Waals surface area contributed by atoms with Gasteiger partial charge in [0.15, 0.2) is 0 Å². The number of nitrogens with zero attached hydrogens (tertiary/aromatic N) is 2. The minimum Gasteiger partial charge on any atom is -0.312 e. The molecule has 2 aromatic heterocycles. The Kier molecular flexibility index (Phi) is 5.48. The zero-order valence-corrected chi connectivity index (χ0v) is 12.5. The number of aryl methyl sites for hydroxylation is 1. The van der Waals surface area contributed by atoms with E-state index in [9.17, 15) is 0 Å². The molecule has 1 N–H and O–H groups in total.